The second kappa shape index (κ2) is 5.01. The van der Waals surface area contributed by atoms with Crippen LogP contribution in [0.5, 0.6) is 0 Å². The van der Waals surface area contributed by atoms with Crippen LogP contribution >= 0.6 is 11.6 Å². The number of hydrogen-bond acceptors (Lipinski definition) is 2. The van der Waals surface area contributed by atoms with Crippen molar-refractivity contribution in [3.05, 3.63) is 34.3 Å². The first-order valence-corrected chi connectivity index (χ1v) is 7.06. The number of fused-ring (bicyclic) bond motifs is 1. The van der Waals surface area contributed by atoms with Crippen molar-refractivity contribution in [1.29, 1.82) is 0 Å². The summed E-state index contributed by atoms with van der Waals surface area (Å²) in [6.07, 6.45) is 0. The monoisotopic (exact) mass is 276 g/mol. The normalized spacial score (nSPS) is 11.9. The predicted molar refractivity (Wildman–Crippen MR) is 84.4 cm³/mol. The lowest BCUT2D eigenvalue weighted by molar-refractivity contribution is 0.590. The van der Waals surface area contributed by atoms with E-state index in [-0.39, 0.29) is 5.41 Å². The Labute approximate surface area is 120 Å². The molecule has 0 atom stereocenters. The zero-order valence-electron chi connectivity index (χ0n) is 12.3. The van der Waals surface area contributed by atoms with Gasteiger partial charge in [0.1, 0.15) is 5.82 Å². The van der Waals surface area contributed by atoms with Gasteiger partial charge in [0.15, 0.2) is 0 Å². The number of halogens is 1. The Bertz CT molecular complexity index is 612. The molecule has 0 saturated heterocycles. The SMILES string of the molecule is CCNc1nc2c(C)ccc(Cl)c2cc1C(C)(C)C. The molecule has 2 nitrogen and oxygen atoms in total. The van der Waals surface area contributed by atoms with Crippen LogP contribution in [0.15, 0.2) is 18.2 Å². The zero-order valence-corrected chi connectivity index (χ0v) is 13.0. The maximum atomic E-state index is 6.32. The standard InChI is InChI=1S/C16H21ClN2/c1-6-18-15-12(16(3,4)5)9-11-13(17)8-7-10(2)14(11)19-15/h7-9H,6H2,1-5H3,(H,18,19). The summed E-state index contributed by atoms with van der Waals surface area (Å²) in [4.78, 5) is 4.80. The van der Waals surface area contributed by atoms with Gasteiger partial charge in [-0.3, -0.25) is 0 Å². The molecule has 0 spiro atoms. The van der Waals surface area contributed by atoms with Crippen molar-refractivity contribution in [2.45, 2.75) is 40.0 Å². The Balaban J connectivity index is 2.80. The van der Waals surface area contributed by atoms with Gasteiger partial charge in [0.2, 0.25) is 0 Å². The molecule has 1 aromatic carbocycles. The molecule has 0 aliphatic carbocycles. The van der Waals surface area contributed by atoms with Crippen LogP contribution in [0.3, 0.4) is 0 Å². The molecule has 3 heteroatoms. The predicted octanol–water partition coefficient (Wildman–Crippen LogP) is 4.93. The first-order chi connectivity index (χ1) is 8.84. The Hall–Kier alpha value is -1.28. The highest BCUT2D eigenvalue weighted by Gasteiger charge is 2.20. The van der Waals surface area contributed by atoms with Crippen molar-refractivity contribution >= 4 is 28.3 Å². The molecule has 2 aromatic rings. The lowest BCUT2D eigenvalue weighted by atomic mass is 9.86. The van der Waals surface area contributed by atoms with Crippen molar-refractivity contribution in [3.63, 3.8) is 0 Å². The van der Waals surface area contributed by atoms with E-state index in [1.54, 1.807) is 0 Å². The molecule has 0 radical (unpaired) electrons. The number of pyridine rings is 1. The highest BCUT2D eigenvalue weighted by atomic mass is 35.5. The fraction of sp³-hybridized carbons (Fsp3) is 0.438. The third-order valence-corrected chi connectivity index (χ3v) is 3.61. The van der Waals surface area contributed by atoms with Gasteiger partial charge in [0, 0.05) is 22.5 Å². The van der Waals surface area contributed by atoms with E-state index in [4.69, 9.17) is 16.6 Å². The molecular formula is C16H21ClN2. The van der Waals surface area contributed by atoms with Crippen LogP contribution in [0.1, 0.15) is 38.8 Å². The van der Waals surface area contributed by atoms with Crippen LogP contribution in [0, 0.1) is 6.92 Å². The molecule has 1 N–H and O–H groups in total. The second-order valence-corrected chi connectivity index (χ2v) is 6.33. The molecule has 1 heterocycles. The minimum Gasteiger partial charge on any atom is -0.370 e. The summed E-state index contributed by atoms with van der Waals surface area (Å²) in [5.74, 6) is 0.966. The van der Waals surface area contributed by atoms with Gasteiger partial charge in [0.25, 0.3) is 0 Å². The number of aryl methyl sites for hydroxylation is 1. The molecule has 1 aromatic heterocycles. The second-order valence-electron chi connectivity index (χ2n) is 5.93. The summed E-state index contributed by atoms with van der Waals surface area (Å²) in [6.45, 7) is 11.6. The number of nitrogens with zero attached hydrogens (tertiary/aromatic N) is 1. The molecule has 0 aliphatic heterocycles. The number of anilines is 1. The Kier molecular flexibility index (Phi) is 3.73. The molecule has 0 bridgehead atoms. The van der Waals surface area contributed by atoms with E-state index in [9.17, 15) is 0 Å². The lowest BCUT2D eigenvalue weighted by Gasteiger charge is -2.23. The number of nitrogens with one attached hydrogen (secondary N) is 1. The summed E-state index contributed by atoms with van der Waals surface area (Å²) in [6, 6.07) is 6.14. The van der Waals surface area contributed by atoms with E-state index >= 15 is 0 Å². The molecule has 0 amide bonds. The van der Waals surface area contributed by atoms with Crippen LogP contribution in [-0.2, 0) is 5.41 Å². The smallest absolute Gasteiger partial charge is 0.130 e. The summed E-state index contributed by atoms with van der Waals surface area (Å²) in [5, 5.41) is 5.17. The topological polar surface area (TPSA) is 24.9 Å². The van der Waals surface area contributed by atoms with Crippen LogP contribution < -0.4 is 5.32 Å². The molecule has 19 heavy (non-hydrogen) atoms. The highest BCUT2D eigenvalue weighted by Crippen LogP contribution is 2.34. The molecule has 0 aliphatic rings. The molecule has 0 saturated carbocycles. The number of aromatic nitrogens is 1. The average Bonchev–Trinajstić information content (AvgIpc) is 2.33. The quantitative estimate of drug-likeness (QED) is 0.842. The van der Waals surface area contributed by atoms with Gasteiger partial charge >= 0.3 is 0 Å². The lowest BCUT2D eigenvalue weighted by Crippen LogP contribution is -2.16. The van der Waals surface area contributed by atoms with Crippen molar-refractivity contribution in [2.75, 3.05) is 11.9 Å². The van der Waals surface area contributed by atoms with Gasteiger partial charge in [0.05, 0.1) is 5.52 Å². The maximum Gasteiger partial charge on any atom is 0.130 e. The van der Waals surface area contributed by atoms with Crippen molar-refractivity contribution in [2.24, 2.45) is 0 Å². The number of hydrogen-bond donors (Lipinski definition) is 1. The average molecular weight is 277 g/mol. The summed E-state index contributed by atoms with van der Waals surface area (Å²) < 4.78 is 0. The first kappa shape index (κ1) is 14.1. The van der Waals surface area contributed by atoms with Gasteiger partial charge in [-0.2, -0.15) is 0 Å². The molecule has 102 valence electrons. The molecule has 2 rings (SSSR count). The largest absolute Gasteiger partial charge is 0.370 e. The molecule has 0 fully saturated rings. The minimum atomic E-state index is 0.0335. The minimum absolute atomic E-state index is 0.0335. The van der Waals surface area contributed by atoms with E-state index in [1.165, 1.54) is 5.56 Å². The van der Waals surface area contributed by atoms with E-state index < -0.39 is 0 Å². The Morgan fingerprint density at radius 3 is 2.53 bits per heavy atom. The summed E-state index contributed by atoms with van der Waals surface area (Å²) >= 11 is 6.32. The van der Waals surface area contributed by atoms with Crippen LogP contribution in [0.2, 0.25) is 5.02 Å². The maximum absolute atomic E-state index is 6.32. The van der Waals surface area contributed by atoms with Gasteiger partial charge in [-0.1, -0.05) is 38.4 Å². The van der Waals surface area contributed by atoms with Crippen LogP contribution in [0.25, 0.3) is 10.9 Å². The Morgan fingerprint density at radius 1 is 1.26 bits per heavy atom. The van der Waals surface area contributed by atoms with E-state index in [0.717, 1.165) is 33.9 Å². The number of rotatable bonds is 2. The first-order valence-electron chi connectivity index (χ1n) is 6.68. The van der Waals surface area contributed by atoms with Crippen molar-refractivity contribution in [1.82, 2.24) is 4.98 Å². The van der Waals surface area contributed by atoms with E-state index in [1.807, 2.05) is 12.1 Å². The van der Waals surface area contributed by atoms with E-state index in [0.29, 0.717) is 0 Å². The van der Waals surface area contributed by atoms with Gasteiger partial charge in [-0.25, -0.2) is 4.98 Å². The van der Waals surface area contributed by atoms with E-state index in [2.05, 4.69) is 46.0 Å². The fourth-order valence-corrected chi connectivity index (χ4v) is 2.44. The van der Waals surface area contributed by atoms with Gasteiger partial charge in [-0.15, -0.1) is 0 Å². The number of benzene rings is 1. The fourth-order valence-electron chi connectivity index (χ4n) is 2.24. The van der Waals surface area contributed by atoms with Crippen LogP contribution in [0.4, 0.5) is 5.82 Å². The zero-order chi connectivity index (χ0) is 14.2. The van der Waals surface area contributed by atoms with Crippen molar-refractivity contribution < 1.29 is 0 Å². The third-order valence-electron chi connectivity index (χ3n) is 3.29. The molecular weight excluding hydrogens is 256 g/mol. The molecule has 0 unspecified atom stereocenters. The summed E-state index contributed by atoms with van der Waals surface area (Å²) in [7, 11) is 0. The van der Waals surface area contributed by atoms with Crippen molar-refractivity contribution in [3.8, 4) is 0 Å². The summed E-state index contributed by atoms with van der Waals surface area (Å²) in [5.41, 5.74) is 3.37. The van der Waals surface area contributed by atoms with Gasteiger partial charge < -0.3 is 5.32 Å². The third kappa shape index (κ3) is 2.69. The van der Waals surface area contributed by atoms with Gasteiger partial charge in [-0.05, 0) is 37.0 Å². The highest BCUT2D eigenvalue weighted by molar-refractivity contribution is 6.35. The van der Waals surface area contributed by atoms with Crippen LogP contribution in [-0.4, -0.2) is 11.5 Å². The Morgan fingerprint density at radius 2 is 1.95 bits per heavy atom.